The highest BCUT2D eigenvalue weighted by atomic mass is 35.5. The second-order valence-electron chi connectivity index (χ2n) is 5.37. The van der Waals surface area contributed by atoms with Crippen LogP contribution in [0.15, 0.2) is 52.1 Å². The minimum Gasteiger partial charge on any atom is -0.495 e. The molecule has 0 unspecified atom stereocenters. The van der Waals surface area contributed by atoms with Crippen LogP contribution in [0, 0.1) is 6.92 Å². The number of carbonyl (C=O) groups is 1. The molecule has 1 N–H and O–H groups in total. The Morgan fingerprint density at radius 2 is 2.08 bits per heavy atom. The van der Waals surface area contributed by atoms with Crippen molar-refractivity contribution in [3.8, 4) is 17.2 Å². The number of hydrogen-bond donors (Lipinski definition) is 1. The van der Waals surface area contributed by atoms with Gasteiger partial charge in [-0.25, -0.2) is 0 Å². The largest absolute Gasteiger partial charge is 0.495 e. The summed E-state index contributed by atoms with van der Waals surface area (Å²) in [6, 6.07) is 12.7. The summed E-state index contributed by atoms with van der Waals surface area (Å²) >= 11 is 7.12. The lowest BCUT2D eigenvalue weighted by molar-refractivity contribution is -0.113. The van der Waals surface area contributed by atoms with Crippen molar-refractivity contribution in [2.24, 2.45) is 0 Å². The summed E-state index contributed by atoms with van der Waals surface area (Å²) in [7, 11) is 1.53. The van der Waals surface area contributed by atoms with Crippen molar-refractivity contribution < 1.29 is 13.9 Å². The second-order valence-corrected chi connectivity index (χ2v) is 6.73. The van der Waals surface area contributed by atoms with Gasteiger partial charge in [-0.05, 0) is 36.8 Å². The first-order chi connectivity index (χ1) is 12.6. The molecule has 3 rings (SSSR count). The molecule has 1 heterocycles. The Labute approximate surface area is 159 Å². The van der Waals surface area contributed by atoms with Gasteiger partial charge in [-0.15, -0.1) is 10.2 Å². The van der Waals surface area contributed by atoms with Gasteiger partial charge in [0.2, 0.25) is 11.8 Å². The maximum absolute atomic E-state index is 12.2. The molecular weight excluding hydrogens is 374 g/mol. The molecule has 3 aromatic rings. The van der Waals surface area contributed by atoms with E-state index < -0.39 is 0 Å². The number of nitrogens with zero attached hydrogens (tertiary/aromatic N) is 2. The van der Waals surface area contributed by atoms with Crippen LogP contribution in [0.1, 0.15) is 5.56 Å². The van der Waals surface area contributed by atoms with Crippen LogP contribution in [-0.4, -0.2) is 29.0 Å². The number of halogens is 1. The second kappa shape index (κ2) is 8.25. The van der Waals surface area contributed by atoms with Gasteiger partial charge in [0.1, 0.15) is 5.75 Å². The zero-order chi connectivity index (χ0) is 18.5. The van der Waals surface area contributed by atoms with Crippen LogP contribution < -0.4 is 10.1 Å². The summed E-state index contributed by atoms with van der Waals surface area (Å²) in [5, 5.41) is 11.6. The molecule has 8 heteroatoms. The van der Waals surface area contributed by atoms with Crippen molar-refractivity contribution >= 4 is 35.0 Å². The molecule has 26 heavy (non-hydrogen) atoms. The topological polar surface area (TPSA) is 77.2 Å². The number of thioether (sulfide) groups is 1. The van der Waals surface area contributed by atoms with Gasteiger partial charge in [0, 0.05) is 10.6 Å². The van der Waals surface area contributed by atoms with E-state index in [0.29, 0.717) is 27.6 Å². The lowest BCUT2D eigenvalue weighted by atomic mass is 10.1. The molecule has 6 nitrogen and oxygen atoms in total. The van der Waals surface area contributed by atoms with Crippen LogP contribution in [0.5, 0.6) is 5.75 Å². The quantitative estimate of drug-likeness (QED) is 0.628. The van der Waals surface area contributed by atoms with Gasteiger partial charge in [0.05, 0.1) is 18.6 Å². The number of nitrogens with one attached hydrogen (secondary N) is 1. The molecule has 0 bridgehead atoms. The van der Waals surface area contributed by atoms with E-state index in [0.717, 1.165) is 22.9 Å². The van der Waals surface area contributed by atoms with E-state index in [1.807, 2.05) is 31.2 Å². The van der Waals surface area contributed by atoms with E-state index in [4.69, 9.17) is 20.8 Å². The molecule has 134 valence electrons. The van der Waals surface area contributed by atoms with E-state index in [1.165, 1.54) is 7.11 Å². The lowest BCUT2D eigenvalue weighted by Gasteiger charge is -2.09. The average Bonchev–Trinajstić information content (AvgIpc) is 3.09. The van der Waals surface area contributed by atoms with E-state index >= 15 is 0 Å². The Hall–Kier alpha value is -2.51. The fourth-order valence-electron chi connectivity index (χ4n) is 2.28. The molecule has 0 saturated carbocycles. The minimum absolute atomic E-state index is 0.116. The van der Waals surface area contributed by atoms with Crippen LogP contribution >= 0.6 is 23.4 Å². The van der Waals surface area contributed by atoms with Crippen molar-refractivity contribution in [3.63, 3.8) is 0 Å². The summed E-state index contributed by atoms with van der Waals surface area (Å²) in [5.41, 5.74) is 2.43. The number of benzene rings is 2. The Kier molecular flexibility index (Phi) is 5.80. The highest BCUT2D eigenvalue weighted by Gasteiger charge is 2.14. The number of carbonyl (C=O) groups excluding carboxylic acids is 1. The number of aromatic nitrogens is 2. The van der Waals surface area contributed by atoms with E-state index in [1.54, 1.807) is 18.2 Å². The highest BCUT2D eigenvalue weighted by Crippen LogP contribution is 2.29. The van der Waals surface area contributed by atoms with Crippen LogP contribution in [0.3, 0.4) is 0 Å². The van der Waals surface area contributed by atoms with Crippen molar-refractivity contribution in [2.45, 2.75) is 12.1 Å². The van der Waals surface area contributed by atoms with Crippen molar-refractivity contribution in [1.29, 1.82) is 0 Å². The summed E-state index contributed by atoms with van der Waals surface area (Å²) in [5.74, 6) is 0.853. The predicted octanol–water partition coefficient (Wildman–Crippen LogP) is 4.44. The molecule has 0 aliphatic rings. The van der Waals surface area contributed by atoms with E-state index in [2.05, 4.69) is 15.5 Å². The molecule has 1 amide bonds. The first-order valence-electron chi connectivity index (χ1n) is 7.72. The van der Waals surface area contributed by atoms with Gasteiger partial charge in [0.15, 0.2) is 0 Å². The zero-order valence-corrected chi connectivity index (χ0v) is 15.7. The van der Waals surface area contributed by atoms with Crippen molar-refractivity contribution in [1.82, 2.24) is 10.2 Å². The third kappa shape index (κ3) is 4.36. The molecular formula is C18H16ClN3O3S. The van der Waals surface area contributed by atoms with E-state index in [9.17, 15) is 4.79 Å². The lowest BCUT2D eigenvalue weighted by Crippen LogP contribution is -2.14. The molecule has 0 spiro atoms. The smallest absolute Gasteiger partial charge is 0.277 e. The number of ether oxygens (including phenoxy) is 1. The van der Waals surface area contributed by atoms with Gasteiger partial charge in [-0.3, -0.25) is 4.79 Å². The Morgan fingerprint density at radius 3 is 2.85 bits per heavy atom. The standard InChI is InChI=1S/C18H16ClN3O3S/c1-11-5-3-4-6-13(11)17-21-22-18(25-17)26-10-16(23)20-14-9-12(19)7-8-15(14)24-2/h3-9H,10H2,1-2H3,(H,20,23). The fraction of sp³-hybridized carbons (Fsp3) is 0.167. The van der Waals surface area contributed by atoms with Gasteiger partial charge in [0.25, 0.3) is 5.22 Å². The first-order valence-corrected chi connectivity index (χ1v) is 9.09. The van der Waals surface area contributed by atoms with Crippen molar-refractivity contribution in [3.05, 3.63) is 53.1 Å². The number of amides is 1. The number of anilines is 1. The zero-order valence-electron chi connectivity index (χ0n) is 14.2. The number of rotatable bonds is 6. The monoisotopic (exact) mass is 389 g/mol. The molecule has 0 saturated heterocycles. The molecule has 0 radical (unpaired) electrons. The summed E-state index contributed by atoms with van der Waals surface area (Å²) in [6.45, 7) is 1.97. The Bertz CT molecular complexity index is 930. The first kappa shape index (κ1) is 18.3. The van der Waals surface area contributed by atoms with Crippen LogP contribution in [0.4, 0.5) is 5.69 Å². The minimum atomic E-state index is -0.230. The molecule has 0 atom stereocenters. The van der Waals surface area contributed by atoms with Crippen LogP contribution in [0.25, 0.3) is 11.5 Å². The number of hydrogen-bond acceptors (Lipinski definition) is 6. The maximum Gasteiger partial charge on any atom is 0.277 e. The van der Waals surface area contributed by atoms with Crippen LogP contribution in [0.2, 0.25) is 5.02 Å². The Morgan fingerprint density at radius 1 is 1.27 bits per heavy atom. The number of methoxy groups -OCH3 is 1. The Balaban J connectivity index is 1.62. The average molecular weight is 390 g/mol. The molecule has 1 aromatic heterocycles. The molecule has 0 aliphatic heterocycles. The molecule has 0 fully saturated rings. The molecule has 0 aliphatic carbocycles. The normalized spacial score (nSPS) is 10.6. The van der Waals surface area contributed by atoms with Gasteiger partial charge in [-0.2, -0.15) is 0 Å². The van der Waals surface area contributed by atoms with Gasteiger partial charge >= 0.3 is 0 Å². The van der Waals surface area contributed by atoms with Crippen molar-refractivity contribution in [2.75, 3.05) is 18.2 Å². The van der Waals surface area contributed by atoms with Gasteiger partial charge < -0.3 is 14.5 Å². The number of aryl methyl sites for hydroxylation is 1. The third-order valence-corrected chi connectivity index (χ3v) is 4.60. The summed E-state index contributed by atoms with van der Waals surface area (Å²) in [4.78, 5) is 12.2. The van der Waals surface area contributed by atoms with Crippen LogP contribution in [-0.2, 0) is 4.79 Å². The summed E-state index contributed by atoms with van der Waals surface area (Å²) in [6.07, 6.45) is 0. The highest BCUT2D eigenvalue weighted by molar-refractivity contribution is 7.99. The third-order valence-electron chi connectivity index (χ3n) is 3.54. The van der Waals surface area contributed by atoms with E-state index in [-0.39, 0.29) is 11.7 Å². The fourth-order valence-corrected chi connectivity index (χ4v) is 3.02. The van der Waals surface area contributed by atoms with Gasteiger partial charge in [-0.1, -0.05) is 41.6 Å². The SMILES string of the molecule is COc1ccc(Cl)cc1NC(=O)CSc1nnc(-c2ccccc2C)o1. The predicted molar refractivity (Wildman–Crippen MR) is 102 cm³/mol. The maximum atomic E-state index is 12.2. The molecule has 2 aromatic carbocycles. The summed E-state index contributed by atoms with van der Waals surface area (Å²) < 4.78 is 10.8.